The van der Waals surface area contributed by atoms with E-state index in [9.17, 15) is 14.4 Å². The van der Waals surface area contributed by atoms with E-state index in [1.165, 1.54) is 0 Å². The van der Waals surface area contributed by atoms with E-state index in [0.717, 1.165) is 38.8 Å². The minimum atomic E-state index is -0.369. The molecule has 1 N–H and O–H groups in total. The Hall–Kier alpha value is -2.77. The summed E-state index contributed by atoms with van der Waals surface area (Å²) in [5, 5.41) is 2.95. The zero-order valence-corrected chi connectivity index (χ0v) is 15.9. The molecule has 3 aliphatic heterocycles. The van der Waals surface area contributed by atoms with Gasteiger partial charge in [0, 0.05) is 37.6 Å². The number of nitrogens with one attached hydrogen (secondary N) is 1. The molecule has 3 saturated heterocycles. The average molecular weight is 386 g/mol. The summed E-state index contributed by atoms with van der Waals surface area (Å²) in [5.74, 6) is -0.305. The van der Waals surface area contributed by atoms with Crippen LogP contribution in [0.5, 0.6) is 0 Å². The van der Waals surface area contributed by atoms with Crippen molar-refractivity contribution in [1.82, 2.24) is 9.80 Å². The SMILES string of the molecule is O=C(Nc1cccc(N2CCOC2=O)c1)[C@@H]1CCCN(C(=O)N2CCCC2)C1. The van der Waals surface area contributed by atoms with Crippen LogP contribution in [0.3, 0.4) is 0 Å². The second-order valence-corrected chi connectivity index (χ2v) is 7.57. The first-order valence-corrected chi connectivity index (χ1v) is 10.0. The molecular weight excluding hydrogens is 360 g/mol. The Morgan fingerprint density at radius 3 is 2.57 bits per heavy atom. The zero-order chi connectivity index (χ0) is 19.5. The van der Waals surface area contributed by atoms with Crippen molar-refractivity contribution in [3.05, 3.63) is 24.3 Å². The Kier molecular flexibility index (Phi) is 5.36. The van der Waals surface area contributed by atoms with E-state index in [4.69, 9.17) is 4.74 Å². The summed E-state index contributed by atoms with van der Waals surface area (Å²) in [6, 6.07) is 7.27. The number of piperidine rings is 1. The number of hydrogen-bond acceptors (Lipinski definition) is 4. The van der Waals surface area contributed by atoms with Crippen molar-refractivity contribution in [1.29, 1.82) is 0 Å². The van der Waals surface area contributed by atoms with Crippen LogP contribution in [-0.2, 0) is 9.53 Å². The number of carbonyl (C=O) groups excluding carboxylic acids is 3. The van der Waals surface area contributed by atoms with Crippen LogP contribution in [0.15, 0.2) is 24.3 Å². The molecule has 0 unspecified atom stereocenters. The summed E-state index contributed by atoms with van der Waals surface area (Å²) in [6.45, 7) is 3.69. The molecule has 3 heterocycles. The summed E-state index contributed by atoms with van der Waals surface area (Å²) < 4.78 is 4.97. The molecule has 3 aliphatic rings. The largest absolute Gasteiger partial charge is 0.447 e. The Morgan fingerprint density at radius 2 is 1.82 bits per heavy atom. The fraction of sp³-hybridized carbons (Fsp3) is 0.550. The molecular formula is C20H26N4O4. The maximum absolute atomic E-state index is 12.8. The maximum Gasteiger partial charge on any atom is 0.414 e. The van der Waals surface area contributed by atoms with Gasteiger partial charge in [-0.25, -0.2) is 9.59 Å². The molecule has 4 amide bonds. The highest BCUT2D eigenvalue weighted by molar-refractivity contribution is 5.95. The van der Waals surface area contributed by atoms with E-state index >= 15 is 0 Å². The lowest BCUT2D eigenvalue weighted by molar-refractivity contribution is -0.121. The van der Waals surface area contributed by atoms with Gasteiger partial charge in [-0.2, -0.15) is 0 Å². The number of cyclic esters (lactones) is 1. The first-order valence-electron chi connectivity index (χ1n) is 10.0. The van der Waals surface area contributed by atoms with Gasteiger partial charge in [-0.15, -0.1) is 0 Å². The molecule has 0 aliphatic carbocycles. The van der Waals surface area contributed by atoms with Crippen molar-refractivity contribution in [2.45, 2.75) is 25.7 Å². The number of benzene rings is 1. The third-order valence-corrected chi connectivity index (χ3v) is 5.63. The van der Waals surface area contributed by atoms with Gasteiger partial charge in [0.1, 0.15) is 6.61 Å². The number of likely N-dealkylation sites (tertiary alicyclic amines) is 2. The minimum absolute atomic E-state index is 0.0598. The Labute approximate surface area is 164 Å². The number of nitrogens with zero attached hydrogens (tertiary/aromatic N) is 3. The highest BCUT2D eigenvalue weighted by Gasteiger charge is 2.31. The average Bonchev–Trinajstić information content (AvgIpc) is 3.39. The molecule has 150 valence electrons. The van der Waals surface area contributed by atoms with Crippen LogP contribution in [0, 0.1) is 5.92 Å². The van der Waals surface area contributed by atoms with Crippen LogP contribution in [-0.4, -0.2) is 67.2 Å². The van der Waals surface area contributed by atoms with Gasteiger partial charge < -0.3 is 19.9 Å². The fourth-order valence-electron chi connectivity index (χ4n) is 4.10. The molecule has 0 bridgehead atoms. The molecule has 8 nitrogen and oxygen atoms in total. The van der Waals surface area contributed by atoms with E-state index in [1.807, 2.05) is 15.9 Å². The van der Waals surface area contributed by atoms with Gasteiger partial charge in [0.25, 0.3) is 0 Å². The predicted octanol–water partition coefficient (Wildman–Crippen LogP) is 2.51. The van der Waals surface area contributed by atoms with Crippen molar-refractivity contribution in [3.63, 3.8) is 0 Å². The predicted molar refractivity (Wildman–Crippen MR) is 104 cm³/mol. The number of anilines is 2. The molecule has 0 aromatic heterocycles. The monoisotopic (exact) mass is 386 g/mol. The third-order valence-electron chi connectivity index (χ3n) is 5.63. The molecule has 1 atom stereocenters. The summed E-state index contributed by atoms with van der Waals surface area (Å²) in [7, 11) is 0. The van der Waals surface area contributed by atoms with Crippen molar-refractivity contribution in [2.75, 3.05) is 49.5 Å². The minimum Gasteiger partial charge on any atom is -0.447 e. The van der Waals surface area contributed by atoms with Crippen LogP contribution >= 0.6 is 0 Å². The van der Waals surface area contributed by atoms with Crippen LogP contribution in [0.4, 0.5) is 21.0 Å². The highest BCUT2D eigenvalue weighted by atomic mass is 16.6. The third kappa shape index (κ3) is 3.90. The molecule has 0 radical (unpaired) electrons. The topological polar surface area (TPSA) is 82.2 Å². The number of urea groups is 1. The van der Waals surface area contributed by atoms with Gasteiger partial charge in [-0.1, -0.05) is 6.07 Å². The summed E-state index contributed by atoms with van der Waals surface area (Å²) in [5.41, 5.74) is 1.35. The van der Waals surface area contributed by atoms with Gasteiger partial charge in [-0.05, 0) is 43.9 Å². The Balaban J connectivity index is 1.38. The molecule has 0 saturated carbocycles. The molecule has 4 rings (SSSR count). The van der Waals surface area contributed by atoms with E-state index < -0.39 is 0 Å². The van der Waals surface area contributed by atoms with E-state index in [1.54, 1.807) is 23.1 Å². The second kappa shape index (κ2) is 8.08. The maximum atomic E-state index is 12.8. The zero-order valence-electron chi connectivity index (χ0n) is 15.9. The first-order chi connectivity index (χ1) is 13.6. The summed E-state index contributed by atoms with van der Waals surface area (Å²) in [4.78, 5) is 42.4. The lowest BCUT2D eigenvalue weighted by Crippen LogP contribution is -2.48. The lowest BCUT2D eigenvalue weighted by atomic mass is 9.97. The Morgan fingerprint density at radius 1 is 1.04 bits per heavy atom. The molecule has 8 heteroatoms. The van der Waals surface area contributed by atoms with Gasteiger partial charge >= 0.3 is 12.1 Å². The number of rotatable bonds is 3. The van der Waals surface area contributed by atoms with Crippen LogP contribution in [0.25, 0.3) is 0 Å². The number of hydrogen-bond donors (Lipinski definition) is 1. The molecule has 0 spiro atoms. The highest BCUT2D eigenvalue weighted by Crippen LogP contribution is 2.25. The van der Waals surface area contributed by atoms with Gasteiger partial charge in [0.05, 0.1) is 12.5 Å². The van der Waals surface area contributed by atoms with Crippen LogP contribution in [0.2, 0.25) is 0 Å². The van der Waals surface area contributed by atoms with Gasteiger partial charge in [-0.3, -0.25) is 9.69 Å². The number of amides is 4. The van der Waals surface area contributed by atoms with Crippen molar-refractivity contribution in [3.8, 4) is 0 Å². The molecule has 3 fully saturated rings. The van der Waals surface area contributed by atoms with E-state index in [0.29, 0.717) is 37.6 Å². The van der Waals surface area contributed by atoms with E-state index in [2.05, 4.69) is 5.32 Å². The standard InChI is InChI=1S/C20H26N4O4/c25-18(15-5-4-10-23(14-15)19(26)22-8-1-2-9-22)21-16-6-3-7-17(13-16)24-11-12-28-20(24)27/h3,6-7,13,15H,1-2,4-5,8-12,14H2,(H,21,25)/t15-/m1/s1. The van der Waals surface area contributed by atoms with Crippen LogP contribution in [0.1, 0.15) is 25.7 Å². The molecule has 28 heavy (non-hydrogen) atoms. The second-order valence-electron chi connectivity index (χ2n) is 7.57. The van der Waals surface area contributed by atoms with Gasteiger partial charge in [0.15, 0.2) is 0 Å². The lowest BCUT2D eigenvalue weighted by Gasteiger charge is -2.34. The van der Waals surface area contributed by atoms with Crippen molar-refractivity contribution < 1.29 is 19.1 Å². The quantitative estimate of drug-likeness (QED) is 0.865. The first kappa shape index (κ1) is 18.6. The Bertz CT molecular complexity index is 762. The summed E-state index contributed by atoms with van der Waals surface area (Å²) in [6.07, 6.45) is 3.35. The normalized spacial score (nSPS) is 22.4. The summed E-state index contributed by atoms with van der Waals surface area (Å²) >= 11 is 0. The number of carbonyl (C=O) groups is 3. The fourth-order valence-corrected chi connectivity index (χ4v) is 4.10. The smallest absolute Gasteiger partial charge is 0.414 e. The van der Waals surface area contributed by atoms with Crippen LogP contribution < -0.4 is 10.2 Å². The molecule has 1 aromatic carbocycles. The van der Waals surface area contributed by atoms with Gasteiger partial charge in [0.2, 0.25) is 5.91 Å². The van der Waals surface area contributed by atoms with E-state index in [-0.39, 0.29) is 23.9 Å². The van der Waals surface area contributed by atoms with Crippen molar-refractivity contribution >= 4 is 29.4 Å². The van der Waals surface area contributed by atoms with Crippen molar-refractivity contribution in [2.24, 2.45) is 5.92 Å². The number of ether oxygens (including phenoxy) is 1. The molecule has 1 aromatic rings.